The fourth-order valence-corrected chi connectivity index (χ4v) is 4.44. The summed E-state index contributed by atoms with van der Waals surface area (Å²) in [6.07, 6.45) is 4.12. The van der Waals surface area contributed by atoms with Crippen LogP contribution in [-0.4, -0.2) is 52.8 Å². The minimum Gasteiger partial charge on any atom is -0.475 e. The minimum atomic E-state index is -0.846. The second-order valence-electron chi connectivity index (χ2n) is 8.40. The molecule has 1 saturated carbocycles. The van der Waals surface area contributed by atoms with Gasteiger partial charge >= 0.3 is 5.69 Å². The summed E-state index contributed by atoms with van der Waals surface area (Å²) in [5, 5.41) is 10.5. The molecule has 0 amide bonds. The number of benzene rings is 1. The van der Waals surface area contributed by atoms with Crippen molar-refractivity contribution in [3.8, 4) is 29.0 Å². The smallest absolute Gasteiger partial charge is 0.351 e. The number of hydrogen-bond acceptors (Lipinski definition) is 6. The molecule has 0 spiro atoms. The van der Waals surface area contributed by atoms with Gasteiger partial charge in [-0.1, -0.05) is 17.9 Å². The fourth-order valence-electron chi connectivity index (χ4n) is 4.44. The zero-order valence-electron chi connectivity index (χ0n) is 17.4. The molecule has 5 rings (SSSR count). The zero-order chi connectivity index (χ0) is 21.3. The highest BCUT2D eigenvalue weighted by Gasteiger charge is 2.28. The summed E-state index contributed by atoms with van der Waals surface area (Å²) >= 11 is 0. The highest BCUT2D eigenvalue weighted by molar-refractivity contribution is 5.68. The van der Waals surface area contributed by atoms with Crippen molar-refractivity contribution in [3.05, 3.63) is 45.9 Å². The fraction of sp³-hybridized carbons (Fsp3) is 0.500. The summed E-state index contributed by atoms with van der Waals surface area (Å²) in [7, 11) is 0. The summed E-state index contributed by atoms with van der Waals surface area (Å²) < 4.78 is 18.4. The topological polar surface area (TPSA) is 82.8 Å². The molecule has 1 aliphatic carbocycles. The van der Waals surface area contributed by atoms with E-state index in [0.717, 1.165) is 54.5 Å². The van der Waals surface area contributed by atoms with Crippen molar-refractivity contribution in [2.45, 2.75) is 50.4 Å². The first-order chi connectivity index (χ1) is 15.1. The van der Waals surface area contributed by atoms with Crippen LogP contribution in [0.1, 0.15) is 36.8 Å². The minimum absolute atomic E-state index is 0.155. The number of aromatic nitrogens is 2. The molecule has 0 unspecified atom stereocenters. The average Bonchev–Trinajstić information content (AvgIpc) is 3.23. The number of aliphatic hydroxyl groups is 1. The molecule has 7 heteroatoms. The maximum atomic E-state index is 12.6. The van der Waals surface area contributed by atoms with Gasteiger partial charge in [-0.3, -0.25) is 4.57 Å². The van der Waals surface area contributed by atoms with Gasteiger partial charge in [0.15, 0.2) is 0 Å². The molecule has 0 radical (unpaired) electrons. The molecule has 0 bridgehead atoms. The molecular formula is C24H26N2O5. The van der Waals surface area contributed by atoms with E-state index in [4.69, 9.17) is 14.2 Å². The molecule has 2 fully saturated rings. The number of aryl methyl sites for hydroxylation is 1. The van der Waals surface area contributed by atoms with Gasteiger partial charge in [0.1, 0.15) is 18.3 Å². The van der Waals surface area contributed by atoms with Crippen LogP contribution in [0.25, 0.3) is 11.3 Å². The molecule has 31 heavy (non-hydrogen) atoms. The van der Waals surface area contributed by atoms with Crippen LogP contribution in [-0.2, 0) is 22.4 Å². The van der Waals surface area contributed by atoms with Crippen molar-refractivity contribution in [1.29, 1.82) is 0 Å². The van der Waals surface area contributed by atoms with Crippen LogP contribution in [0.5, 0.6) is 5.88 Å². The molecular weight excluding hydrogens is 396 g/mol. The number of nitrogens with zero attached hydrogens (tertiary/aromatic N) is 2. The van der Waals surface area contributed by atoms with Gasteiger partial charge < -0.3 is 19.3 Å². The van der Waals surface area contributed by atoms with Crippen LogP contribution in [0.4, 0.5) is 0 Å². The Hall–Kier alpha value is -2.66. The van der Waals surface area contributed by atoms with E-state index in [1.807, 2.05) is 18.2 Å². The van der Waals surface area contributed by atoms with E-state index in [-0.39, 0.29) is 11.8 Å². The van der Waals surface area contributed by atoms with Gasteiger partial charge in [0.05, 0.1) is 25.5 Å². The van der Waals surface area contributed by atoms with Crippen LogP contribution in [0.2, 0.25) is 0 Å². The number of ether oxygens (including phenoxy) is 3. The maximum absolute atomic E-state index is 12.6. The third kappa shape index (κ3) is 4.38. The Labute approximate surface area is 181 Å². The average molecular weight is 422 g/mol. The van der Waals surface area contributed by atoms with Crippen molar-refractivity contribution in [2.75, 3.05) is 26.4 Å². The van der Waals surface area contributed by atoms with Gasteiger partial charge in [-0.05, 0) is 49.8 Å². The molecule has 7 nitrogen and oxygen atoms in total. The molecule has 1 aromatic carbocycles. The molecule has 3 aliphatic rings. The quantitative estimate of drug-likeness (QED) is 0.761. The largest absolute Gasteiger partial charge is 0.475 e. The summed E-state index contributed by atoms with van der Waals surface area (Å²) in [4.78, 5) is 16.6. The molecule has 3 heterocycles. The highest BCUT2D eigenvalue weighted by atomic mass is 16.6. The van der Waals surface area contributed by atoms with E-state index in [0.29, 0.717) is 38.9 Å². The first-order valence-electron chi connectivity index (χ1n) is 10.9. The molecule has 2 aliphatic heterocycles. The molecule has 1 saturated heterocycles. The van der Waals surface area contributed by atoms with E-state index in [9.17, 15) is 9.90 Å². The van der Waals surface area contributed by atoms with E-state index in [1.165, 1.54) is 0 Å². The van der Waals surface area contributed by atoms with Gasteiger partial charge in [-0.15, -0.1) is 0 Å². The lowest BCUT2D eigenvalue weighted by Gasteiger charge is -2.24. The van der Waals surface area contributed by atoms with Gasteiger partial charge in [-0.2, -0.15) is 4.98 Å². The van der Waals surface area contributed by atoms with Gasteiger partial charge in [0, 0.05) is 23.7 Å². The highest BCUT2D eigenvalue weighted by Crippen LogP contribution is 2.31. The molecule has 1 atom stereocenters. The Morgan fingerprint density at radius 1 is 1.26 bits per heavy atom. The SMILES string of the molecule is O=c1nc(OC[C@H]2COCCO2)cc2n1CCc1cc(C#CC3(O)CCCC3)ccc1-2. The van der Waals surface area contributed by atoms with Crippen molar-refractivity contribution in [3.63, 3.8) is 0 Å². The maximum Gasteiger partial charge on any atom is 0.351 e. The number of fused-ring (bicyclic) bond motifs is 3. The van der Waals surface area contributed by atoms with Crippen molar-refractivity contribution in [1.82, 2.24) is 9.55 Å². The van der Waals surface area contributed by atoms with Crippen molar-refractivity contribution < 1.29 is 19.3 Å². The Bertz CT molecular complexity index is 1090. The van der Waals surface area contributed by atoms with Gasteiger partial charge in [0.25, 0.3) is 0 Å². The molecule has 162 valence electrons. The first kappa shape index (κ1) is 20.3. The Kier molecular flexibility index (Phi) is 5.53. The third-order valence-corrected chi connectivity index (χ3v) is 6.15. The normalized spacial score (nSPS) is 21.5. The van der Waals surface area contributed by atoms with Crippen LogP contribution in [0.3, 0.4) is 0 Å². The van der Waals surface area contributed by atoms with E-state index in [2.05, 4.69) is 22.9 Å². The van der Waals surface area contributed by atoms with Crippen molar-refractivity contribution >= 4 is 0 Å². The van der Waals surface area contributed by atoms with E-state index in [1.54, 1.807) is 4.57 Å². The predicted molar refractivity (Wildman–Crippen MR) is 114 cm³/mol. The first-order valence-corrected chi connectivity index (χ1v) is 10.9. The monoisotopic (exact) mass is 422 g/mol. The summed E-state index contributed by atoms with van der Waals surface area (Å²) in [6.45, 7) is 2.47. The lowest BCUT2D eigenvalue weighted by Crippen LogP contribution is -2.34. The second kappa shape index (κ2) is 8.46. The number of rotatable bonds is 3. The predicted octanol–water partition coefficient (Wildman–Crippen LogP) is 1.92. The third-order valence-electron chi connectivity index (χ3n) is 6.15. The zero-order valence-corrected chi connectivity index (χ0v) is 17.4. The Morgan fingerprint density at radius 2 is 2.13 bits per heavy atom. The van der Waals surface area contributed by atoms with Crippen LogP contribution in [0.15, 0.2) is 29.1 Å². The summed E-state index contributed by atoms with van der Waals surface area (Å²) in [6, 6.07) is 7.81. The standard InChI is InChI=1S/C24H26N2O5/c27-23-25-22(31-16-19-15-29-11-12-30-19)14-21-20-4-3-17(13-18(20)6-10-26(21)23)5-9-24(28)7-1-2-8-24/h3-4,13-14,19,28H,1-2,6-8,10-12,15-16H2/t19-/m1/s1. The molecule has 2 aromatic rings. The second-order valence-corrected chi connectivity index (χ2v) is 8.40. The lowest BCUT2D eigenvalue weighted by molar-refractivity contribution is -0.102. The lowest BCUT2D eigenvalue weighted by atomic mass is 9.95. The van der Waals surface area contributed by atoms with Crippen LogP contribution >= 0.6 is 0 Å². The van der Waals surface area contributed by atoms with E-state index >= 15 is 0 Å². The molecule has 1 aromatic heterocycles. The molecule has 1 N–H and O–H groups in total. The summed E-state index contributed by atoms with van der Waals surface area (Å²) in [5.74, 6) is 6.51. The Balaban J connectivity index is 1.39. The van der Waals surface area contributed by atoms with E-state index < -0.39 is 5.60 Å². The van der Waals surface area contributed by atoms with Crippen LogP contribution < -0.4 is 10.4 Å². The number of hydrogen-bond donors (Lipinski definition) is 1. The summed E-state index contributed by atoms with van der Waals surface area (Å²) in [5.41, 5.74) is 2.64. The Morgan fingerprint density at radius 3 is 2.94 bits per heavy atom. The van der Waals surface area contributed by atoms with Gasteiger partial charge in [-0.25, -0.2) is 4.79 Å². The van der Waals surface area contributed by atoms with Crippen LogP contribution in [0, 0.1) is 11.8 Å². The van der Waals surface area contributed by atoms with Gasteiger partial charge in [0.2, 0.25) is 5.88 Å². The van der Waals surface area contributed by atoms with Crippen molar-refractivity contribution in [2.24, 2.45) is 0 Å².